The van der Waals surface area contributed by atoms with Crippen LogP contribution in [0.2, 0.25) is 5.02 Å². The van der Waals surface area contributed by atoms with Gasteiger partial charge in [-0.05, 0) is 73.4 Å². The summed E-state index contributed by atoms with van der Waals surface area (Å²) in [7, 11) is 0. The van der Waals surface area contributed by atoms with Gasteiger partial charge in [-0.1, -0.05) is 36.7 Å². The summed E-state index contributed by atoms with van der Waals surface area (Å²) in [5.74, 6) is 0. The first-order valence-corrected chi connectivity index (χ1v) is 8.18. The van der Waals surface area contributed by atoms with Crippen molar-refractivity contribution in [3.05, 3.63) is 64.2 Å². The van der Waals surface area contributed by atoms with Crippen LogP contribution in [0.5, 0.6) is 0 Å². The van der Waals surface area contributed by atoms with Gasteiger partial charge in [0, 0.05) is 10.7 Å². The molecule has 2 aromatic rings. The molecule has 0 radical (unpaired) electrons. The van der Waals surface area contributed by atoms with Crippen molar-refractivity contribution in [2.24, 2.45) is 0 Å². The average Bonchev–Trinajstić information content (AvgIpc) is 2.50. The second kappa shape index (κ2) is 7.61. The lowest BCUT2D eigenvalue weighted by Crippen LogP contribution is -2.32. The molecule has 116 valence electrons. The van der Waals surface area contributed by atoms with Gasteiger partial charge in [-0.3, -0.25) is 0 Å². The molecule has 0 heterocycles. The fourth-order valence-electron chi connectivity index (χ4n) is 2.26. The number of benzene rings is 2. The highest BCUT2D eigenvalue weighted by Gasteiger charge is 2.11. The molecule has 2 nitrogen and oxygen atoms in total. The third kappa shape index (κ3) is 4.46. The molecule has 2 N–H and O–H groups in total. The molecule has 0 amide bonds. The van der Waals surface area contributed by atoms with E-state index in [2.05, 4.69) is 49.6 Å². The normalized spacial score (nSPS) is 11.8. The smallest absolute Gasteiger partial charge is 0.171 e. The van der Waals surface area contributed by atoms with Gasteiger partial charge in [-0.2, -0.15) is 0 Å². The van der Waals surface area contributed by atoms with Crippen LogP contribution in [-0.4, -0.2) is 5.11 Å². The Kier molecular flexibility index (Phi) is 5.81. The van der Waals surface area contributed by atoms with E-state index in [0.29, 0.717) is 10.1 Å². The Morgan fingerprint density at radius 3 is 2.36 bits per heavy atom. The van der Waals surface area contributed by atoms with Crippen molar-refractivity contribution in [1.82, 2.24) is 5.32 Å². The lowest BCUT2D eigenvalue weighted by Gasteiger charge is -2.21. The quantitative estimate of drug-likeness (QED) is 0.733. The van der Waals surface area contributed by atoms with Crippen LogP contribution in [0, 0.1) is 13.8 Å². The summed E-state index contributed by atoms with van der Waals surface area (Å²) in [6, 6.07) is 14.2. The molecule has 0 spiro atoms. The molecule has 22 heavy (non-hydrogen) atoms. The highest BCUT2D eigenvalue weighted by atomic mass is 35.5. The third-order valence-electron chi connectivity index (χ3n) is 3.75. The summed E-state index contributed by atoms with van der Waals surface area (Å²) in [6.07, 6.45) is 0.963. The first-order chi connectivity index (χ1) is 10.5. The van der Waals surface area contributed by atoms with Crippen molar-refractivity contribution >= 4 is 34.6 Å². The fraction of sp³-hybridized carbons (Fsp3) is 0.278. The summed E-state index contributed by atoms with van der Waals surface area (Å²) in [4.78, 5) is 0. The Hall–Kier alpha value is -1.58. The first-order valence-electron chi connectivity index (χ1n) is 7.40. The summed E-state index contributed by atoms with van der Waals surface area (Å²) in [5.41, 5.74) is 4.79. The van der Waals surface area contributed by atoms with Crippen molar-refractivity contribution in [3.8, 4) is 0 Å². The zero-order valence-corrected chi connectivity index (χ0v) is 14.7. The van der Waals surface area contributed by atoms with Crippen LogP contribution in [0.1, 0.15) is 36.1 Å². The van der Waals surface area contributed by atoms with E-state index in [4.69, 9.17) is 23.8 Å². The van der Waals surface area contributed by atoms with Gasteiger partial charge < -0.3 is 10.6 Å². The molecule has 0 saturated heterocycles. The van der Waals surface area contributed by atoms with Crippen LogP contribution in [0.4, 0.5) is 5.69 Å². The van der Waals surface area contributed by atoms with Gasteiger partial charge in [0.2, 0.25) is 0 Å². The SMILES string of the molecule is CC[C@@H](NC(=S)Nc1ccc(Cl)cc1)c1ccc(C)c(C)c1. The van der Waals surface area contributed by atoms with Crippen LogP contribution in [0.25, 0.3) is 0 Å². The van der Waals surface area contributed by atoms with Crippen molar-refractivity contribution in [2.45, 2.75) is 33.2 Å². The monoisotopic (exact) mass is 332 g/mol. The summed E-state index contributed by atoms with van der Waals surface area (Å²) in [6.45, 7) is 6.41. The zero-order valence-electron chi connectivity index (χ0n) is 13.1. The number of aryl methyl sites for hydroxylation is 2. The second-order valence-electron chi connectivity index (χ2n) is 5.41. The second-order valence-corrected chi connectivity index (χ2v) is 6.25. The lowest BCUT2D eigenvalue weighted by atomic mass is 9.99. The van der Waals surface area contributed by atoms with Gasteiger partial charge in [0.1, 0.15) is 0 Å². The molecule has 2 aromatic carbocycles. The molecule has 4 heteroatoms. The van der Waals surface area contributed by atoms with Crippen molar-refractivity contribution < 1.29 is 0 Å². The number of rotatable bonds is 4. The zero-order chi connectivity index (χ0) is 16.1. The predicted molar refractivity (Wildman–Crippen MR) is 99.8 cm³/mol. The Balaban J connectivity index is 2.04. The van der Waals surface area contributed by atoms with E-state index in [1.54, 1.807) is 0 Å². The van der Waals surface area contributed by atoms with E-state index in [1.165, 1.54) is 16.7 Å². The van der Waals surface area contributed by atoms with Gasteiger partial charge in [-0.15, -0.1) is 0 Å². The van der Waals surface area contributed by atoms with Gasteiger partial charge in [0.15, 0.2) is 5.11 Å². The van der Waals surface area contributed by atoms with Crippen molar-refractivity contribution in [2.75, 3.05) is 5.32 Å². The molecule has 0 unspecified atom stereocenters. The van der Waals surface area contributed by atoms with E-state index in [-0.39, 0.29) is 6.04 Å². The molecule has 0 aromatic heterocycles. The number of thiocarbonyl (C=S) groups is 1. The average molecular weight is 333 g/mol. The molecule has 0 fully saturated rings. The largest absolute Gasteiger partial charge is 0.356 e. The van der Waals surface area contributed by atoms with Crippen molar-refractivity contribution in [3.63, 3.8) is 0 Å². The van der Waals surface area contributed by atoms with E-state index in [0.717, 1.165) is 12.1 Å². The van der Waals surface area contributed by atoms with Gasteiger partial charge in [0.25, 0.3) is 0 Å². The van der Waals surface area contributed by atoms with E-state index < -0.39 is 0 Å². The fourth-order valence-corrected chi connectivity index (χ4v) is 2.65. The molecule has 1 atom stereocenters. The van der Waals surface area contributed by atoms with Gasteiger partial charge in [0.05, 0.1) is 6.04 Å². The minimum absolute atomic E-state index is 0.201. The molecule has 0 aliphatic rings. The number of hydrogen-bond acceptors (Lipinski definition) is 1. The molecule has 0 aliphatic heterocycles. The lowest BCUT2D eigenvalue weighted by molar-refractivity contribution is 0.628. The Morgan fingerprint density at radius 2 is 1.77 bits per heavy atom. The van der Waals surface area contributed by atoms with E-state index in [1.807, 2.05) is 24.3 Å². The molecule has 0 aliphatic carbocycles. The minimum Gasteiger partial charge on any atom is -0.356 e. The molecular formula is C18H21ClN2S. The summed E-state index contributed by atoms with van der Waals surface area (Å²) in [5, 5.41) is 7.90. The van der Waals surface area contributed by atoms with Crippen LogP contribution in [0.3, 0.4) is 0 Å². The molecule has 0 saturated carbocycles. The maximum absolute atomic E-state index is 5.89. The predicted octanol–water partition coefficient (Wildman–Crippen LogP) is 5.39. The molecular weight excluding hydrogens is 312 g/mol. The molecule has 2 rings (SSSR count). The number of nitrogens with one attached hydrogen (secondary N) is 2. The standard InChI is InChI=1S/C18H21ClN2S/c1-4-17(14-6-5-12(2)13(3)11-14)21-18(22)20-16-9-7-15(19)8-10-16/h5-11,17H,4H2,1-3H3,(H2,20,21,22)/t17-/m1/s1. The first kappa shape index (κ1) is 16.8. The summed E-state index contributed by atoms with van der Waals surface area (Å²) < 4.78 is 0. The topological polar surface area (TPSA) is 24.1 Å². The Labute approximate surface area is 142 Å². The maximum Gasteiger partial charge on any atom is 0.171 e. The minimum atomic E-state index is 0.201. The van der Waals surface area contributed by atoms with Crippen LogP contribution >= 0.6 is 23.8 Å². The van der Waals surface area contributed by atoms with E-state index >= 15 is 0 Å². The molecule has 0 bridgehead atoms. The van der Waals surface area contributed by atoms with Crippen LogP contribution < -0.4 is 10.6 Å². The van der Waals surface area contributed by atoms with Gasteiger partial charge in [-0.25, -0.2) is 0 Å². The number of anilines is 1. The van der Waals surface area contributed by atoms with Crippen LogP contribution in [0.15, 0.2) is 42.5 Å². The van der Waals surface area contributed by atoms with E-state index in [9.17, 15) is 0 Å². The maximum atomic E-state index is 5.89. The van der Waals surface area contributed by atoms with Crippen molar-refractivity contribution in [1.29, 1.82) is 0 Å². The highest BCUT2D eigenvalue weighted by molar-refractivity contribution is 7.80. The highest BCUT2D eigenvalue weighted by Crippen LogP contribution is 2.20. The number of hydrogen-bond donors (Lipinski definition) is 2. The Morgan fingerprint density at radius 1 is 1.09 bits per heavy atom. The third-order valence-corrected chi connectivity index (χ3v) is 4.22. The number of halogens is 1. The van der Waals surface area contributed by atoms with Gasteiger partial charge >= 0.3 is 0 Å². The van der Waals surface area contributed by atoms with Crippen LogP contribution in [-0.2, 0) is 0 Å². The Bertz CT molecular complexity index is 653. The summed E-state index contributed by atoms with van der Waals surface area (Å²) >= 11 is 11.3.